The van der Waals surface area contributed by atoms with Gasteiger partial charge >= 0.3 is 17.8 Å². The molecule has 7 nitrogen and oxygen atoms in total. The summed E-state index contributed by atoms with van der Waals surface area (Å²) in [5.41, 5.74) is 0.440. The molecule has 1 aliphatic heterocycles. The van der Waals surface area contributed by atoms with Crippen molar-refractivity contribution >= 4 is 29.4 Å². The van der Waals surface area contributed by atoms with E-state index in [1.165, 1.54) is 29.2 Å². The van der Waals surface area contributed by atoms with Crippen LogP contribution >= 0.6 is 0 Å². The molecular formula is C16H18FN3O4. The van der Waals surface area contributed by atoms with Crippen molar-refractivity contribution in [1.29, 1.82) is 0 Å². The summed E-state index contributed by atoms with van der Waals surface area (Å²) in [6.45, 7) is 4.64. The van der Waals surface area contributed by atoms with Crippen LogP contribution in [-0.4, -0.2) is 52.7 Å². The van der Waals surface area contributed by atoms with Crippen LogP contribution in [0.1, 0.15) is 20.8 Å². The predicted octanol–water partition coefficient (Wildman–Crippen LogP) is 1.38. The predicted molar refractivity (Wildman–Crippen MR) is 83.5 cm³/mol. The number of halogens is 1. The number of hydrogen-bond acceptors (Lipinski definition) is 4. The SMILES string of the molecule is CCN(C(=O)CN1C(=O)C(=O)N(C(C)C)C1=O)c1ccc(F)cc1. The van der Waals surface area contributed by atoms with Gasteiger partial charge in [0.25, 0.3) is 0 Å². The van der Waals surface area contributed by atoms with E-state index >= 15 is 0 Å². The second kappa shape index (κ2) is 6.77. The van der Waals surface area contributed by atoms with Crippen molar-refractivity contribution in [3.63, 3.8) is 0 Å². The number of rotatable bonds is 5. The Morgan fingerprint density at radius 1 is 1.12 bits per heavy atom. The smallest absolute Gasteiger partial charge is 0.311 e. The number of urea groups is 1. The van der Waals surface area contributed by atoms with Crippen molar-refractivity contribution in [3.05, 3.63) is 30.1 Å². The minimum absolute atomic E-state index is 0.266. The molecule has 0 aromatic heterocycles. The molecule has 1 aromatic rings. The standard InChI is InChI=1S/C16H18FN3O4/c1-4-18(12-7-5-11(17)6-8-12)13(21)9-19-14(22)15(23)20(10(2)3)16(19)24/h5-8,10H,4,9H2,1-3H3. The largest absolute Gasteiger partial charge is 0.334 e. The first-order valence-electron chi connectivity index (χ1n) is 7.52. The fourth-order valence-electron chi connectivity index (χ4n) is 2.46. The first-order valence-corrected chi connectivity index (χ1v) is 7.52. The molecule has 0 atom stereocenters. The Labute approximate surface area is 138 Å². The Hall–Kier alpha value is -2.77. The lowest BCUT2D eigenvalue weighted by Gasteiger charge is -2.23. The molecule has 2 rings (SSSR count). The van der Waals surface area contributed by atoms with Gasteiger partial charge in [-0.1, -0.05) is 0 Å². The molecule has 128 valence electrons. The molecule has 1 heterocycles. The van der Waals surface area contributed by atoms with Gasteiger partial charge in [-0.15, -0.1) is 0 Å². The third-order valence-electron chi connectivity index (χ3n) is 3.65. The van der Waals surface area contributed by atoms with Gasteiger partial charge in [-0.3, -0.25) is 19.3 Å². The van der Waals surface area contributed by atoms with Crippen molar-refractivity contribution in [1.82, 2.24) is 9.80 Å². The highest BCUT2D eigenvalue weighted by atomic mass is 19.1. The van der Waals surface area contributed by atoms with E-state index in [4.69, 9.17) is 0 Å². The third kappa shape index (κ3) is 3.12. The lowest BCUT2D eigenvalue weighted by molar-refractivity contribution is -0.144. The van der Waals surface area contributed by atoms with Crippen LogP contribution in [0.25, 0.3) is 0 Å². The Bertz CT molecular complexity index is 687. The number of likely N-dealkylation sites (N-methyl/N-ethyl adjacent to an activating group) is 1. The van der Waals surface area contributed by atoms with Gasteiger partial charge in [0.15, 0.2) is 0 Å². The third-order valence-corrected chi connectivity index (χ3v) is 3.65. The Balaban J connectivity index is 2.18. The van der Waals surface area contributed by atoms with Crippen molar-refractivity contribution in [2.45, 2.75) is 26.8 Å². The van der Waals surface area contributed by atoms with Gasteiger partial charge in [0, 0.05) is 18.3 Å². The second-order valence-electron chi connectivity index (χ2n) is 5.56. The number of hydrogen-bond donors (Lipinski definition) is 0. The molecule has 0 radical (unpaired) electrons. The van der Waals surface area contributed by atoms with Crippen LogP contribution in [0.4, 0.5) is 14.9 Å². The van der Waals surface area contributed by atoms with E-state index in [-0.39, 0.29) is 6.54 Å². The Morgan fingerprint density at radius 3 is 2.17 bits per heavy atom. The van der Waals surface area contributed by atoms with E-state index in [2.05, 4.69) is 0 Å². The molecule has 5 amide bonds. The number of anilines is 1. The highest BCUT2D eigenvalue weighted by Crippen LogP contribution is 2.18. The van der Waals surface area contributed by atoms with Crippen molar-refractivity contribution in [2.24, 2.45) is 0 Å². The van der Waals surface area contributed by atoms with E-state index < -0.39 is 42.2 Å². The maximum Gasteiger partial charge on any atom is 0.334 e. The zero-order valence-corrected chi connectivity index (χ0v) is 13.7. The summed E-state index contributed by atoms with van der Waals surface area (Å²) in [7, 11) is 0. The van der Waals surface area contributed by atoms with Crippen molar-refractivity contribution in [3.8, 4) is 0 Å². The lowest BCUT2D eigenvalue weighted by atomic mass is 10.2. The van der Waals surface area contributed by atoms with E-state index in [1.807, 2.05) is 0 Å². The monoisotopic (exact) mass is 335 g/mol. The number of carbonyl (C=O) groups excluding carboxylic acids is 4. The molecule has 1 saturated heterocycles. The van der Waals surface area contributed by atoms with Gasteiger partial charge in [0.05, 0.1) is 0 Å². The molecule has 0 saturated carbocycles. The topological polar surface area (TPSA) is 78.0 Å². The maximum absolute atomic E-state index is 13.0. The highest BCUT2D eigenvalue weighted by Gasteiger charge is 2.46. The van der Waals surface area contributed by atoms with Gasteiger partial charge in [-0.25, -0.2) is 14.1 Å². The summed E-state index contributed by atoms with van der Waals surface area (Å²) in [6, 6.07) is 3.99. The second-order valence-corrected chi connectivity index (χ2v) is 5.56. The van der Waals surface area contributed by atoms with E-state index in [9.17, 15) is 23.6 Å². The Morgan fingerprint density at radius 2 is 1.71 bits per heavy atom. The molecular weight excluding hydrogens is 317 g/mol. The van der Waals surface area contributed by atoms with Crippen LogP contribution in [0.2, 0.25) is 0 Å². The van der Waals surface area contributed by atoms with Crippen molar-refractivity contribution < 1.29 is 23.6 Å². The summed E-state index contributed by atoms with van der Waals surface area (Å²) >= 11 is 0. The minimum atomic E-state index is -1.02. The van der Waals surface area contributed by atoms with Crippen molar-refractivity contribution in [2.75, 3.05) is 18.0 Å². The average Bonchev–Trinajstić information content (AvgIpc) is 2.73. The molecule has 8 heteroatoms. The highest BCUT2D eigenvalue weighted by molar-refractivity contribution is 6.45. The molecule has 0 aliphatic carbocycles. The van der Waals surface area contributed by atoms with Crippen LogP contribution in [0.5, 0.6) is 0 Å². The molecule has 1 aliphatic rings. The maximum atomic E-state index is 13.0. The van der Waals surface area contributed by atoms with E-state index in [1.54, 1.807) is 20.8 Å². The molecule has 0 bridgehead atoms. The summed E-state index contributed by atoms with van der Waals surface area (Å²) in [6.07, 6.45) is 0. The normalized spacial score (nSPS) is 14.8. The average molecular weight is 335 g/mol. The van der Waals surface area contributed by atoms with Crippen LogP contribution < -0.4 is 4.90 Å². The lowest BCUT2D eigenvalue weighted by Crippen LogP contribution is -2.44. The number of nitrogens with zero attached hydrogens (tertiary/aromatic N) is 3. The van der Waals surface area contributed by atoms with Gasteiger partial charge in [-0.2, -0.15) is 0 Å². The quantitative estimate of drug-likeness (QED) is 0.601. The zero-order chi connectivity index (χ0) is 18.0. The number of amides is 5. The summed E-state index contributed by atoms with van der Waals surface area (Å²) in [5, 5.41) is 0. The molecule has 1 aromatic carbocycles. The first-order chi connectivity index (χ1) is 11.3. The van der Waals surface area contributed by atoms with E-state index in [0.717, 1.165) is 4.90 Å². The van der Waals surface area contributed by atoms with Gasteiger partial charge < -0.3 is 4.90 Å². The fraction of sp³-hybridized carbons (Fsp3) is 0.375. The van der Waals surface area contributed by atoms with Crippen LogP contribution in [-0.2, 0) is 14.4 Å². The van der Waals surface area contributed by atoms with Crippen LogP contribution in [0, 0.1) is 5.82 Å². The minimum Gasteiger partial charge on any atom is -0.311 e. The van der Waals surface area contributed by atoms with Crippen LogP contribution in [0.15, 0.2) is 24.3 Å². The summed E-state index contributed by atoms with van der Waals surface area (Å²) in [5.74, 6) is -2.93. The number of benzene rings is 1. The molecule has 0 unspecified atom stereocenters. The zero-order valence-electron chi connectivity index (χ0n) is 13.7. The van der Waals surface area contributed by atoms with Crippen LogP contribution in [0.3, 0.4) is 0 Å². The Kier molecular flexibility index (Phi) is 4.96. The molecule has 24 heavy (non-hydrogen) atoms. The van der Waals surface area contributed by atoms with E-state index in [0.29, 0.717) is 10.6 Å². The van der Waals surface area contributed by atoms with Gasteiger partial charge in [-0.05, 0) is 45.0 Å². The van der Waals surface area contributed by atoms with Gasteiger partial charge in [0.1, 0.15) is 12.4 Å². The molecule has 1 fully saturated rings. The number of carbonyl (C=O) groups is 4. The fourth-order valence-corrected chi connectivity index (χ4v) is 2.46. The summed E-state index contributed by atoms with van der Waals surface area (Å²) in [4.78, 5) is 51.2. The first kappa shape index (κ1) is 17.6. The summed E-state index contributed by atoms with van der Waals surface area (Å²) < 4.78 is 13.0. The van der Waals surface area contributed by atoms with Gasteiger partial charge in [0.2, 0.25) is 5.91 Å². The molecule has 0 N–H and O–H groups in total. The molecule has 0 spiro atoms. The number of imide groups is 2.